The molecule has 0 bridgehead atoms. The second-order valence-corrected chi connectivity index (χ2v) is 3.90. The Morgan fingerprint density at radius 2 is 2.07 bits per heavy atom. The van der Waals surface area contributed by atoms with Gasteiger partial charge in [0.2, 0.25) is 0 Å². The second-order valence-electron chi connectivity index (χ2n) is 3.90. The first-order chi connectivity index (χ1) is 6.62. The highest BCUT2D eigenvalue weighted by Gasteiger charge is 2.50. The standard InChI is InChI=1S/C11H18O3/c1-4-11(5-2)8(10(13)14-3)6-7-9(11)12/h8H,4-7H2,1-3H3. The molecule has 1 saturated carbocycles. The first-order valence-electron chi connectivity index (χ1n) is 5.23. The molecule has 0 aromatic rings. The van der Waals surface area contributed by atoms with E-state index in [0.717, 1.165) is 12.8 Å². The van der Waals surface area contributed by atoms with E-state index in [1.165, 1.54) is 7.11 Å². The van der Waals surface area contributed by atoms with Gasteiger partial charge in [-0.15, -0.1) is 0 Å². The number of ketones is 1. The summed E-state index contributed by atoms with van der Waals surface area (Å²) in [5.41, 5.74) is -0.437. The monoisotopic (exact) mass is 198 g/mol. The van der Waals surface area contributed by atoms with Gasteiger partial charge < -0.3 is 4.74 Å². The van der Waals surface area contributed by atoms with Crippen LogP contribution in [-0.2, 0) is 14.3 Å². The average molecular weight is 198 g/mol. The largest absolute Gasteiger partial charge is 0.469 e. The summed E-state index contributed by atoms with van der Waals surface area (Å²) in [4.78, 5) is 23.3. The third-order valence-electron chi connectivity index (χ3n) is 3.63. The number of carbonyl (C=O) groups excluding carboxylic acids is 2. The van der Waals surface area contributed by atoms with Crippen LogP contribution in [0.2, 0.25) is 0 Å². The molecule has 3 heteroatoms. The Morgan fingerprint density at radius 1 is 1.50 bits per heavy atom. The van der Waals surface area contributed by atoms with Crippen LogP contribution < -0.4 is 0 Å². The van der Waals surface area contributed by atoms with Crippen molar-refractivity contribution in [2.24, 2.45) is 11.3 Å². The van der Waals surface area contributed by atoms with Gasteiger partial charge in [0.15, 0.2) is 0 Å². The van der Waals surface area contributed by atoms with Crippen molar-refractivity contribution in [1.82, 2.24) is 0 Å². The van der Waals surface area contributed by atoms with E-state index in [2.05, 4.69) is 0 Å². The molecule has 1 unspecified atom stereocenters. The normalized spacial score (nSPS) is 25.1. The van der Waals surface area contributed by atoms with Gasteiger partial charge >= 0.3 is 5.97 Å². The van der Waals surface area contributed by atoms with Crippen LogP contribution in [0.25, 0.3) is 0 Å². The van der Waals surface area contributed by atoms with E-state index >= 15 is 0 Å². The van der Waals surface area contributed by atoms with Crippen molar-refractivity contribution >= 4 is 11.8 Å². The summed E-state index contributed by atoms with van der Waals surface area (Å²) in [6, 6.07) is 0. The number of Topliss-reactive ketones (excluding diaryl/α,β-unsaturated/α-hetero) is 1. The van der Waals surface area contributed by atoms with Gasteiger partial charge in [0.1, 0.15) is 5.78 Å². The van der Waals surface area contributed by atoms with Gasteiger partial charge in [-0.25, -0.2) is 0 Å². The third-order valence-corrected chi connectivity index (χ3v) is 3.63. The van der Waals surface area contributed by atoms with Crippen molar-refractivity contribution in [2.75, 3.05) is 7.11 Å². The Labute approximate surface area is 84.8 Å². The van der Waals surface area contributed by atoms with E-state index in [4.69, 9.17) is 4.74 Å². The zero-order valence-corrected chi connectivity index (χ0v) is 9.13. The van der Waals surface area contributed by atoms with Crippen LogP contribution in [0.5, 0.6) is 0 Å². The molecule has 1 aliphatic rings. The molecule has 0 radical (unpaired) electrons. The van der Waals surface area contributed by atoms with Gasteiger partial charge in [-0.05, 0) is 19.3 Å². The zero-order chi connectivity index (χ0) is 10.8. The second kappa shape index (κ2) is 4.11. The first-order valence-corrected chi connectivity index (χ1v) is 5.23. The molecule has 0 saturated heterocycles. The lowest BCUT2D eigenvalue weighted by molar-refractivity contribution is -0.152. The van der Waals surface area contributed by atoms with Crippen molar-refractivity contribution < 1.29 is 14.3 Å². The van der Waals surface area contributed by atoms with Gasteiger partial charge in [-0.3, -0.25) is 9.59 Å². The number of hydrogen-bond donors (Lipinski definition) is 0. The smallest absolute Gasteiger partial charge is 0.309 e. The molecule has 0 aromatic heterocycles. The van der Waals surface area contributed by atoms with Crippen molar-refractivity contribution in [3.05, 3.63) is 0 Å². The van der Waals surface area contributed by atoms with Crippen LogP contribution in [-0.4, -0.2) is 18.9 Å². The Bertz CT molecular complexity index is 241. The van der Waals surface area contributed by atoms with Crippen LogP contribution in [0.3, 0.4) is 0 Å². The molecule has 0 aliphatic heterocycles. The predicted molar refractivity (Wildman–Crippen MR) is 52.8 cm³/mol. The number of rotatable bonds is 3. The van der Waals surface area contributed by atoms with E-state index < -0.39 is 5.41 Å². The molecule has 0 aromatic carbocycles. The summed E-state index contributed by atoms with van der Waals surface area (Å²) in [6.07, 6.45) is 2.67. The van der Waals surface area contributed by atoms with Crippen molar-refractivity contribution in [1.29, 1.82) is 0 Å². The van der Waals surface area contributed by atoms with Crippen molar-refractivity contribution in [2.45, 2.75) is 39.5 Å². The van der Waals surface area contributed by atoms with Crippen molar-refractivity contribution in [3.63, 3.8) is 0 Å². The molecule has 14 heavy (non-hydrogen) atoms. The topological polar surface area (TPSA) is 43.4 Å². The number of carbonyl (C=O) groups is 2. The van der Waals surface area contributed by atoms with E-state index in [1.54, 1.807) is 0 Å². The number of methoxy groups -OCH3 is 1. The highest BCUT2D eigenvalue weighted by Crippen LogP contribution is 2.46. The Morgan fingerprint density at radius 3 is 2.50 bits per heavy atom. The quantitative estimate of drug-likeness (QED) is 0.651. The molecule has 0 amide bonds. The Balaban J connectivity index is 2.96. The predicted octanol–water partition coefficient (Wildman–Crippen LogP) is 1.94. The van der Waals surface area contributed by atoms with E-state index in [0.29, 0.717) is 12.8 Å². The molecule has 1 rings (SSSR count). The summed E-state index contributed by atoms with van der Waals surface area (Å²) in [6.45, 7) is 3.95. The summed E-state index contributed by atoms with van der Waals surface area (Å²) < 4.78 is 4.75. The SMILES string of the molecule is CCC1(CC)C(=O)CCC1C(=O)OC. The lowest BCUT2D eigenvalue weighted by Crippen LogP contribution is -2.36. The third kappa shape index (κ3) is 1.45. The van der Waals surface area contributed by atoms with Crippen LogP contribution in [0.15, 0.2) is 0 Å². The average Bonchev–Trinajstić information content (AvgIpc) is 2.55. The fourth-order valence-corrected chi connectivity index (χ4v) is 2.62. The van der Waals surface area contributed by atoms with Gasteiger partial charge in [0, 0.05) is 11.8 Å². The number of hydrogen-bond acceptors (Lipinski definition) is 3. The maximum atomic E-state index is 11.8. The van der Waals surface area contributed by atoms with Gasteiger partial charge in [0.25, 0.3) is 0 Å². The lowest BCUT2D eigenvalue weighted by Gasteiger charge is -2.29. The zero-order valence-electron chi connectivity index (χ0n) is 9.13. The highest BCUT2D eigenvalue weighted by molar-refractivity contribution is 5.93. The molecule has 0 N–H and O–H groups in total. The number of esters is 1. The molecule has 0 heterocycles. The summed E-state index contributed by atoms with van der Waals surface area (Å²) in [5, 5.41) is 0. The van der Waals surface area contributed by atoms with Crippen molar-refractivity contribution in [3.8, 4) is 0 Å². The Hall–Kier alpha value is -0.860. The van der Waals surface area contributed by atoms with Crippen LogP contribution in [0, 0.1) is 11.3 Å². The minimum atomic E-state index is -0.437. The number of ether oxygens (including phenoxy) is 1. The van der Waals surface area contributed by atoms with E-state index in [9.17, 15) is 9.59 Å². The van der Waals surface area contributed by atoms with E-state index in [-0.39, 0.29) is 17.7 Å². The van der Waals surface area contributed by atoms with Crippen LogP contribution in [0.4, 0.5) is 0 Å². The molecular weight excluding hydrogens is 180 g/mol. The summed E-state index contributed by atoms with van der Waals surface area (Å²) in [7, 11) is 1.39. The fraction of sp³-hybridized carbons (Fsp3) is 0.818. The minimum absolute atomic E-state index is 0.213. The van der Waals surface area contributed by atoms with Crippen LogP contribution >= 0.6 is 0 Å². The molecule has 0 spiro atoms. The maximum absolute atomic E-state index is 11.8. The summed E-state index contributed by atoms with van der Waals surface area (Å²) >= 11 is 0. The fourth-order valence-electron chi connectivity index (χ4n) is 2.62. The van der Waals surface area contributed by atoms with Gasteiger partial charge in [0.05, 0.1) is 13.0 Å². The molecule has 3 nitrogen and oxygen atoms in total. The first kappa shape index (κ1) is 11.2. The minimum Gasteiger partial charge on any atom is -0.469 e. The van der Waals surface area contributed by atoms with Crippen LogP contribution in [0.1, 0.15) is 39.5 Å². The van der Waals surface area contributed by atoms with Gasteiger partial charge in [-0.2, -0.15) is 0 Å². The maximum Gasteiger partial charge on any atom is 0.309 e. The lowest BCUT2D eigenvalue weighted by atomic mass is 9.73. The summed E-state index contributed by atoms with van der Waals surface area (Å²) in [5.74, 6) is -0.201. The molecule has 80 valence electrons. The highest BCUT2D eigenvalue weighted by atomic mass is 16.5. The molecule has 1 fully saturated rings. The Kier molecular flexibility index (Phi) is 3.29. The molecular formula is C11H18O3. The van der Waals surface area contributed by atoms with E-state index in [1.807, 2.05) is 13.8 Å². The van der Waals surface area contributed by atoms with Gasteiger partial charge in [-0.1, -0.05) is 13.8 Å². The molecule has 1 aliphatic carbocycles. The molecule has 1 atom stereocenters.